The fourth-order valence-electron chi connectivity index (χ4n) is 1.52. The minimum atomic E-state index is -0.302. The highest BCUT2D eigenvalue weighted by Crippen LogP contribution is 2.09. The Morgan fingerprint density at radius 2 is 2.06 bits per heavy atom. The maximum atomic E-state index is 11.7. The van der Waals surface area contributed by atoms with Crippen LogP contribution in [0.15, 0.2) is 4.63 Å². The zero-order valence-electron chi connectivity index (χ0n) is 9.87. The predicted octanol–water partition coefficient (Wildman–Crippen LogP) is 0.648. The molecule has 2 aromatic rings. The second kappa shape index (κ2) is 4.36. The monoisotopic (exact) mass is 235 g/mol. The van der Waals surface area contributed by atoms with Gasteiger partial charge in [0.15, 0.2) is 5.69 Å². The number of amides is 1. The molecule has 90 valence electrons. The first-order chi connectivity index (χ1) is 8.09. The summed E-state index contributed by atoms with van der Waals surface area (Å²) in [5.74, 6) is -0.302. The van der Waals surface area contributed by atoms with Crippen LogP contribution in [0.5, 0.6) is 0 Å². The molecule has 0 radical (unpaired) electrons. The van der Waals surface area contributed by atoms with Gasteiger partial charge >= 0.3 is 0 Å². The molecule has 0 aliphatic carbocycles. The number of rotatable bonds is 3. The Kier molecular flexibility index (Phi) is 2.90. The fraction of sp³-hybridized carbons (Fsp3) is 0.400. The number of aromatic amines is 1. The van der Waals surface area contributed by atoms with Crippen LogP contribution in [0.3, 0.4) is 0 Å². The smallest absolute Gasteiger partial charge is 0.275 e. The van der Waals surface area contributed by atoms with Gasteiger partial charge in [0, 0.05) is 17.8 Å². The number of carbonyl (C=O) groups is 1. The van der Waals surface area contributed by atoms with Gasteiger partial charge in [-0.15, -0.1) is 0 Å². The van der Waals surface area contributed by atoms with Gasteiger partial charge in [0.05, 0.1) is 5.69 Å². The van der Waals surface area contributed by atoms with Crippen molar-refractivity contribution in [2.75, 3.05) is 0 Å². The number of carbonyl (C=O) groups excluding carboxylic acids is 1. The van der Waals surface area contributed by atoms with Gasteiger partial charge < -0.3 is 5.32 Å². The van der Waals surface area contributed by atoms with Crippen LogP contribution in [0.25, 0.3) is 0 Å². The van der Waals surface area contributed by atoms with E-state index < -0.39 is 0 Å². The zero-order valence-corrected chi connectivity index (χ0v) is 9.87. The summed E-state index contributed by atoms with van der Waals surface area (Å²) in [6, 6.07) is 0. The highest BCUT2D eigenvalue weighted by Gasteiger charge is 2.15. The Hall–Kier alpha value is -2.18. The maximum Gasteiger partial charge on any atom is 0.275 e. The van der Waals surface area contributed by atoms with Crippen molar-refractivity contribution >= 4 is 5.91 Å². The molecule has 7 heteroatoms. The van der Waals surface area contributed by atoms with Crippen LogP contribution < -0.4 is 5.32 Å². The average molecular weight is 235 g/mol. The first-order valence-electron chi connectivity index (χ1n) is 5.17. The highest BCUT2D eigenvalue weighted by molar-refractivity contribution is 5.92. The molecule has 0 aliphatic rings. The standard InChI is InChI=1S/C10H13N5O2/c1-5-8(6(2)13-12-5)4-11-10(16)9-7(3)14-17-15-9/h4H2,1-3H3,(H,11,16)(H,12,13). The van der Waals surface area contributed by atoms with Crippen molar-refractivity contribution in [3.05, 3.63) is 28.3 Å². The van der Waals surface area contributed by atoms with Crippen molar-refractivity contribution in [2.24, 2.45) is 0 Å². The number of hydrogen-bond acceptors (Lipinski definition) is 5. The Bertz CT molecular complexity index is 523. The van der Waals surface area contributed by atoms with Crippen LogP contribution in [0, 0.1) is 20.8 Å². The quantitative estimate of drug-likeness (QED) is 0.814. The Morgan fingerprint density at radius 3 is 2.59 bits per heavy atom. The van der Waals surface area contributed by atoms with E-state index in [1.165, 1.54) is 0 Å². The molecule has 0 saturated heterocycles. The van der Waals surface area contributed by atoms with Gasteiger partial charge in [-0.2, -0.15) is 5.10 Å². The third-order valence-electron chi connectivity index (χ3n) is 2.57. The van der Waals surface area contributed by atoms with Crippen LogP contribution in [-0.4, -0.2) is 26.4 Å². The minimum Gasteiger partial charge on any atom is -0.346 e. The molecule has 7 nitrogen and oxygen atoms in total. The van der Waals surface area contributed by atoms with Crippen LogP contribution >= 0.6 is 0 Å². The van der Waals surface area contributed by atoms with E-state index in [9.17, 15) is 4.79 Å². The Balaban J connectivity index is 2.05. The third kappa shape index (κ3) is 2.17. The second-order valence-corrected chi connectivity index (χ2v) is 3.79. The summed E-state index contributed by atoms with van der Waals surface area (Å²) in [5.41, 5.74) is 3.48. The first-order valence-corrected chi connectivity index (χ1v) is 5.17. The summed E-state index contributed by atoms with van der Waals surface area (Å²) in [6.45, 7) is 5.86. The van der Waals surface area contributed by atoms with Crippen LogP contribution in [0.1, 0.15) is 33.1 Å². The van der Waals surface area contributed by atoms with E-state index >= 15 is 0 Å². The normalized spacial score (nSPS) is 10.5. The molecule has 0 bridgehead atoms. The number of aryl methyl sites for hydroxylation is 3. The lowest BCUT2D eigenvalue weighted by Crippen LogP contribution is -2.24. The molecule has 2 rings (SSSR count). The van der Waals surface area contributed by atoms with E-state index in [2.05, 4.69) is 30.5 Å². The topological polar surface area (TPSA) is 96.7 Å². The largest absolute Gasteiger partial charge is 0.346 e. The summed E-state index contributed by atoms with van der Waals surface area (Å²) in [6.07, 6.45) is 0. The summed E-state index contributed by atoms with van der Waals surface area (Å²) in [7, 11) is 0. The van der Waals surface area contributed by atoms with E-state index in [4.69, 9.17) is 0 Å². The molecule has 2 N–H and O–H groups in total. The number of H-pyrrole nitrogens is 1. The van der Waals surface area contributed by atoms with Gasteiger partial charge in [-0.25, -0.2) is 4.63 Å². The van der Waals surface area contributed by atoms with E-state index in [1.54, 1.807) is 6.92 Å². The molecule has 0 spiro atoms. The summed E-state index contributed by atoms with van der Waals surface area (Å²) >= 11 is 0. The predicted molar refractivity (Wildman–Crippen MR) is 58.3 cm³/mol. The van der Waals surface area contributed by atoms with Crippen molar-refractivity contribution in [3.8, 4) is 0 Å². The molecule has 0 fully saturated rings. The summed E-state index contributed by atoms with van der Waals surface area (Å²) in [4.78, 5) is 11.7. The van der Waals surface area contributed by atoms with E-state index in [-0.39, 0.29) is 11.6 Å². The highest BCUT2D eigenvalue weighted by atomic mass is 16.6. The molecule has 2 aromatic heterocycles. The Labute approximate surface area is 97.6 Å². The van der Waals surface area contributed by atoms with Crippen molar-refractivity contribution in [1.29, 1.82) is 0 Å². The average Bonchev–Trinajstić information content (AvgIpc) is 2.84. The number of hydrogen-bond donors (Lipinski definition) is 2. The Morgan fingerprint density at radius 1 is 1.29 bits per heavy atom. The summed E-state index contributed by atoms with van der Waals surface area (Å²) < 4.78 is 4.47. The molecule has 0 aromatic carbocycles. The van der Waals surface area contributed by atoms with Gasteiger partial charge in [-0.05, 0) is 25.9 Å². The number of nitrogens with zero attached hydrogens (tertiary/aromatic N) is 3. The molecule has 1 amide bonds. The van der Waals surface area contributed by atoms with Gasteiger partial charge in [0.1, 0.15) is 5.69 Å². The lowest BCUT2D eigenvalue weighted by Gasteiger charge is -2.03. The number of nitrogens with one attached hydrogen (secondary N) is 2. The van der Waals surface area contributed by atoms with Crippen molar-refractivity contribution in [2.45, 2.75) is 27.3 Å². The molecule has 2 heterocycles. The van der Waals surface area contributed by atoms with Gasteiger partial charge in [0.25, 0.3) is 5.91 Å². The molecule has 0 atom stereocenters. The van der Waals surface area contributed by atoms with E-state index in [0.717, 1.165) is 17.0 Å². The fourth-order valence-corrected chi connectivity index (χ4v) is 1.52. The first kappa shape index (κ1) is 11.3. The van der Waals surface area contributed by atoms with Crippen molar-refractivity contribution in [3.63, 3.8) is 0 Å². The lowest BCUT2D eigenvalue weighted by atomic mass is 10.2. The maximum absolute atomic E-state index is 11.7. The second-order valence-electron chi connectivity index (χ2n) is 3.79. The van der Waals surface area contributed by atoms with Crippen LogP contribution in [0.4, 0.5) is 0 Å². The van der Waals surface area contributed by atoms with Crippen molar-refractivity contribution in [1.82, 2.24) is 25.8 Å². The zero-order chi connectivity index (χ0) is 12.4. The van der Waals surface area contributed by atoms with E-state index in [1.807, 2.05) is 13.8 Å². The van der Waals surface area contributed by atoms with Gasteiger partial charge in [-0.1, -0.05) is 5.16 Å². The molecule has 0 saturated carbocycles. The molecule has 17 heavy (non-hydrogen) atoms. The lowest BCUT2D eigenvalue weighted by molar-refractivity contribution is 0.0940. The van der Waals surface area contributed by atoms with Crippen molar-refractivity contribution < 1.29 is 9.42 Å². The summed E-state index contributed by atoms with van der Waals surface area (Å²) in [5, 5.41) is 16.8. The molecule has 0 aliphatic heterocycles. The molecular weight excluding hydrogens is 222 g/mol. The molecule has 0 unspecified atom stereocenters. The van der Waals surface area contributed by atoms with Gasteiger partial charge in [-0.3, -0.25) is 9.89 Å². The minimum absolute atomic E-state index is 0.212. The number of aromatic nitrogens is 4. The molecular formula is C10H13N5O2. The SMILES string of the molecule is Cc1nonc1C(=O)NCc1c(C)n[nH]c1C. The van der Waals surface area contributed by atoms with Gasteiger partial charge in [0.2, 0.25) is 0 Å². The van der Waals surface area contributed by atoms with E-state index in [0.29, 0.717) is 12.2 Å². The third-order valence-corrected chi connectivity index (χ3v) is 2.57. The van der Waals surface area contributed by atoms with Crippen LogP contribution in [0.2, 0.25) is 0 Å². The van der Waals surface area contributed by atoms with Crippen LogP contribution in [-0.2, 0) is 6.54 Å².